The Hall–Kier alpha value is -1.35. The van der Waals surface area contributed by atoms with Gasteiger partial charge in [0.1, 0.15) is 6.04 Å². The molecule has 0 heterocycles. The molecule has 1 N–H and O–H groups in total. The zero-order valence-corrected chi connectivity index (χ0v) is 11.5. The highest BCUT2D eigenvalue weighted by atomic mass is 16.5. The van der Waals surface area contributed by atoms with E-state index >= 15 is 0 Å². The molecule has 0 aliphatic rings. The molecule has 1 aromatic rings. The van der Waals surface area contributed by atoms with Crippen LogP contribution in [0.1, 0.15) is 32.8 Å². The molecule has 0 spiro atoms. The fourth-order valence-corrected chi connectivity index (χ4v) is 1.87. The second-order valence-electron chi connectivity index (χ2n) is 4.57. The Morgan fingerprint density at radius 3 is 2.56 bits per heavy atom. The summed E-state index contributed by atoms with van der Waals surface area (Å²) >= 11 is 0. The summed E-state index contributed by atoms with van der Waals surface area (Å²) in [7, 11) is 0. The molecule has 0 bridgehead atoms. The number of hydrogen-bond donors (Lipinski definition) is 1. The van der Waals surface area contributed by atoms with Gasteiger partial charge in [0.05, 0.1) is 6.61 Å². The van der Waals surface area contributed by atoms with Crippen LogP contribution in [0.15, 0.2) is 30.3 Å². The van der Waals surface area contributed by atoms with Crippen LogP contribution < -0.4 is 5.32 Å². The third-order valence-electron chi connectivity index (χ3n) is 2.88. The molecule has 0 radical (unpaired) electrons. The van der Waals surface area contributed by atoms with Crippen molar-refractivity contribution >= 4 is 5.97 Å². The molecule has 18 heavy (non-hydrogen) atoms. The zero-order valence-electron chi connectivity index (χ0n) is 11.5. The van der Waals surface area contributed by atoms with Crippen LogP contribution in [-0.2, 0) is 16.0 Å². The quantitative estimate of drug-likeness (QED) is 0.755. The monoisotopic (exact) mass is 249 g/mol. The van der Waals surface area contributed by atoms with Crippen LogP contribution in [0, 0.1) is 0 Å². The van der Waals surface area contributed by atoms with Gasteiger partial charge in [-0.05, 0) is 39.2 Å². The molecular weight excluding hydrogens is 226 g/mol. The van der Waals surface area contributed by atoms with E-state index < -0.39 is 0 Å². The fraction of sp³-hybridized carbons (Fsp3) is 0.533. The van der Waals surface area contributed by atoms with Crippen LogP contribution in [0.25, 0.3) is 0 Å². The summed E-state index contributed by atoms with van der Waals surface area (Å²) in [4.78, 5) is 11.5. The smallest absolute Gasteiger partial charge is 0.322 e. The van der Waals surface area contributed by atoms with Crippen molar-refractivity contribution in [2.45, 2.75) is 45.7 Å². The number of benzene rings is 1. The van der Waals surface area contributed by atoms with Crippen molar-refractivity contribution in [3.05, 3.63) is 35.9 Å². The Balaban J connectivity index is 2.29. The first-order valence-electron chi connectivity index (χ1n) is 6.60. The lowest BCUT2D eigenvalue weighted by atomic mass is 10.1. The summed E-state index contributed by atoms with van der Waals surface area (Å²) in [5.41, 5.74) is 1.33. The molecule has 0 aromatic heterocycles. The normalized spacial score (nSPS) is 13.9. The first-order chi connectivity index (χ1) is 8.63. The lowest BCUT2D eigenvalue weighted by Gasteiger charge is -2.18. The molecular formula is C15H23NO2. The summed E-state index contributed by atoms with van der Waals surface area (Å²) < 4.78 is 4.97. The van der Waals surface area contributed by atoms with E-state index in [1.807, 2.05) is 19.9 Å². The predicted molar refractivity (Wildman–Crippen MR) is 73.5 cm³/mol. The van der Waals surface area contributed by atoms with Crippen molar-refractivity contribution in [2.24, 2.45) is 0 Å². The maximum absolute atomic E-state index is 11.5. The van der Waals surface area contributed by atoms with Gasteiger partial charge in [-0.1, -0.05) is 30.3 Å². The number of rotatable bonds is 7. The minimum atomic E-state index is -0.240. The Labute approximate surface area is 110 Å². The van der Waals surface area contributed by atoms with E-state index in [2.05, 4.69) is 36.5 Å². The van der Waals surface area contributed by atoms with Gasteiger partial charge in [-0.25, -0.2) is 0 Å². The van der Waals surface area contributed by atoms with E-state index in [0.29, 0.717) is 12.6 Å². The number of esters is 1. The SMILES string of the molecule is CCOC(=O)C(C)NC(C)CCc1ccccc1. The van der Waals surface area contributed by atoms with Crippen molar-refractivity contribution in [3.63, 3.8) is 0 Å². The van der Waals surface area contributed by atoms with E-state index in [-0.39, 0.29) is 12.0 Å². The van der Waals surface area contributed by atoms with E-state index in [1.54, 1.807) is 0 Å². The Morgan fingerprint density at radius 2 is 1.94 bits per heavy atom. The van der Waals surface area contributed by atoms with Gasteiger partial charge >= 0.3 is 5.97 Å². The van der Waals surface area contributed by atoms with Gasteiger partial charge in [0, 0.05) is 6.04 Å². The first kappa shape index (κ1) is 14.7. The predicted octanol–water partition coefficient (Wildman–Crippen LogP) is 2.55. The fourth-order valence-electron chi connectivity index (χ4n) is 1.87. The van der Waals surface area contributed by atoms with Crippen molar-refractivity contribution in [3.8, 4) is 0 Å². The Kier molecular flexibility index (Phi) is 6.44. The van der Waals surface area contributed by atoms with Crippen LogP contribution in [0.5, 0.6) is 0 Å². The minimum absolute atomic E-state index is 0.177. The average Bonchev–Trinajstić information content (AvgIpc) is 2.38. The highest BCUT2D eigenvalue weighted by molar-refractivity contribution is 5.75. The molecule has 0 aliphatic carbocycles. The largest absolute Gasteiger partial charge is 0.465 e. The molecule has 0 fully saturated rings. The van der Waals surface area contributed by atoms with Gasteiger partial charge in [-0.2, -0.15) is 0 Å². The highest BCUT2D eigenvalue weighted by Crippen LogP contribution is 2.05. The molecule has 1 aromatic carbocycles. The average molecular weight is 249 g/mol. The van der Waals surface area contributed by atoms with Crippen molar-refractivity contribution in [1.82, 2.24) is 5.32 Å². The molecule has 100 valence electrons. The Bertz CT molecular complexity index is 351. The maximum atomic E-state index is 11.5. The molecule has 0 saturated carbocycles. The van der Waals surface area contributed by atoms with Crippen LogP contribution in [0.3, 0.4) is 0 Å². The molecule has 2 unspecified atom stereocenters. The second-order valence-corrected chi connectivity index (χ2v) is 4.57. The standard InChI is InChI=1S/C15H23NO2/c1-4-18-15(17)13(3)16-12(2)10-11-14-8-6-5-7-9-14/h5-9,12-13,16H,4,10-11H2,1-3H3. The van der Waals surface area contributed by atoms with E-state index in [9.17, 15) is 4.79 Å². The maximum Gasteiger partial charge on any atom is 0.322 e. The van der Waals surface area contributed by atoms with Crippen LogP contribution in [0.2, 0.25) is 0 Å². The molecule has 3 heteroatoms. The van der Waals surface area contributed by atoms with Gasteiger partial charge in [-0.3, -0.25) is 4.79 Å². The first-order valence-corrected chi connectivity index (χ1v) is 6.60. The van der Waals surface area contributed by atoms with Crippen LogP contribution >= 0.6 is 0 Å². The summed E-state index contributed by atoms with van der Waals surface area (Å²) in [5, 5.41) is 3.26. The molecule has 3 nitrogen and oxygen atoms in total. The Morgan fingerprint density at radius 1 is 1.28 bits per heavy atom. The summed E-state index contributed by atoms with van der Waals surface area (Å²) in [6.07, 6.45) is 2.03. The number of hydrogen-bond acceptors (Lipinski definition) is 3. The third-order valence-corrected chi connectivity index (χ3v) is 2.88. The van der Waals surface area contributed by atoms with Gasteiger partial charge in [0.25, 0.3) is 0 Å². The summed E-state index contributed by atoms with van der Waals surface area (Å²) in [5.74, 6) is -0.177. The van der Waals surface area contributed by atoms with Crippen molar-refractivity contribution in [2.75, 3.05) is 6.61 Å². The van der Waals surface area contributed by atoms with Gasteiger partial charge in [0.15, 0.2) is 0 Å². The number of ether oxygens (including phenoxy) is 1. The second kappa shape index (κ2) is 7.88. The minimum Gasteiger partial charge on any atom is -0.465 e. The zero-order chi connectivity index (χ0) is 13.4. The summed E-state index contributed by atoms with van der Waals surface area (Å²) in [6, 6.07) is 10.4. The number of carbonyl (C=O) groups excluding carboxylic acids is 1. The van der Waals surface area contributed by atoms with Gasteiger partial charge in [-0.15, -0.1) is 0 Å². The molecule has 0 aliphatic heterocycles. The van der Waals surface area contributed by atoms with Crippen LogP contribution in [-0.4, -0.2) is 24.7 Å². The van der Waals surface area contributed by atoms with Crippen molar-refractivity contribution in [1.29, 1.82) is 0 Å². The highest BCUT2D eigenvalue weighted by Gasteiger charge is 2.15. The number of aryl methyl sites for hydroxylation is 1. The van der Waals surface area contributed by atoms with E-state index in [0.717, 1.165) is 12.8 Å². The van der Waals surface area contributed by atoms with E-state index in [4.69, 9.17) is 4.74 Å². The lowest BCUT2D eigenvalue weighted by molar-refractivity contribution is -0.145. The van der Waals surface area contributed by atoms with Gasteiger partial charge < -0.3 is 10.1 Å². The molecule has 1 rings (SSSR count). The lowest BCUT2D eigenvalue weighted by Crippen LogP contribution is -2.41. The van der Waals surface area contributed by atoms with Gasteiger partial charge in [0.2, 0.25) is 0 Å². The third kappa shape index (κ3) is 5.32. The molecule has 2 atom stereocenters. The topological polar surface area (TPSA) is 38.3 Å². The molecule has 0 saturated heterocycles. The molecule has 0 amide bonds. The van der Waals surface area contributed by atoms with Crippen LogP contribution in [0.4, 0.5) is 0 Å². The van der Waals surface area contributed by atoms with E-state index in [1.165, 1.54) is 5.56 Å². The van der Waals surface area contributed by atoms with Crippen molar-refractivity contribution < 1.29 is 9.53 Å². The number of nitrogens with one attached hydrogen (secondary N) is 1. The summed E-state index contributed by atoms with van der Waals surface area (Å²) in [6.45, 7) is 6.20. The number of carbonyl (C=O) groups is 1.